The third-order valence-electron chi connectivity index (χ3n) is 11.0. The average Bonchev–Trinajstić information content (AvgIpc) is 3.26. The van der Waals surface area contributed by atoms with Gasteiger partial charge in [-0.05, 0) is 83.5 Å². The van der Waals surface area contributed by atoms with E-state index in [0.717, 1.165) is 89.9 Å². The predicted molar refractivity (Wildman–Crippen MR) is 281 cm³/mol. The van der Waals surface area contributed by atoms with Gasteiger partial charge < -0.3 is 19.8 Å². The van der Waals surface area contributed by atoms with Gasteiger partial charge >= 0.3 is 7.82 Å². The van der Waals surface area contributed by atoms with Crippen molar-refractivity contribution in [2.75, 3.05) is 40.9 Å². The minimum atomic E-state index is -4.36. The van der Waals surface area contributed by atoms with Crippen LogP contribution in [0.3, 0.4) is 0 Å². The van der Waals surface area contributed by atoms with Crippen LogP contribution < -0.4 is 5.32 Å². The molecule has 0 bridgehead atoms. The summed E-state index contributed by atoms with van der Waals surface area (Å²) in [5.74, 6) is -0.205. The third kappa shape index (κ3) is 49.2. The maximum Gasteiger partial charge on any atom is 0.472 e. The monoisotopic (exact) mass is 928 g/mol. The second kappa shape index (κ2) is 46.5. The average molecular weight is 928 g/mol. The number of likely N-dealkylation sites (N-methyl/N-ethyl adjacent to an activating group) is 1. The van der Waals surface area contributed by atoms with E-state index in [0.29, 0.717) is 17.4 Å². The number of carbonyl (C=O) groups is 1. The van der Waals surface area contributed by atoms with E-state index in [4.69, 9.17) is 9.05 Å². The van der Waals surface area contributed by atoms with Crippen molar-refractivity contribution >= 4 is 13.7 Å². The largest absolute Gasteiger partial charge is 0.472 e. The molecule has 0 aromatic rings. The van der Waals surface area contributed by atoms with Crippen LogP contribution in [0.1, 0.15) is 200 Å². The van der Waals surface area contributed by atoms with Gasteiger partial charge in [-0.25, -0.2) is 4.57 Å². The summed E-state index contributed by atoms with van der Waals surface area (Å²) in [5, 5.41) is 13.9. The third-order valence-corrected chi connectivity index (χ3v) is 12.0. The Balaban J connectivity index is 4.40. The van der Waals surface area contributed by atoms with Crippen LogP contribution in [0.4, 0.5) is 0 Å². The molecule has 0 heterocycles. The molecule has 1 amide bonds. The Kier molecular flexibility index (Phi) is 44.7. The first kappa shape index (κ1) is 62.4. The van der Waals surface area contributed by atoms with Gasteiger partial charge in [-0.2, -0.15) is 0 Å². The summed E-state index contributed by atoms with van der Waals surface area (Å²) in [7, 11) is 1.53. The molecule has 0 radical (unpaired) electrons. The number of quaternary nitrogens is 1. The summed E-state index contributed by atoms with van der Waals surface area (Å²) >= 11 is 0. The highest BCUT2D eigenvalue weighted by atomic mass is 31.2. The molecule has 3 unspecified atom stereocenters. The predicted octanol–water partition coefficient (Wildman–Crippen LogP) is 15.5. The highest BCUT2D eigenvalue weighted by molar-refractivity contribution is 7.47. The van der Waals surface area contributed by atoms with Crippen LogP contribution >= 0.6 is 7.82 Å². The highest BCUT2D eigenvalue weighted by Crippen LogP contribution is 2.43. The van der Waals surface area contributed by atoms with E-state index < -0.39 is 20.0 Å². The molecule has 3 atom stereocenters. The fourth-order valence-corrected chi connectivity index (χ4v) is 7.68. The molecule has 3 N–H and O–H groups in total. The van der Waals surface area contributed by atoms with Crippen molar-refractivity contribution in [1.82, 2.24) is 5.32 Å². The van der Waals surface area contributed by atoms with E-state index in [1.807, 2.05) is 27.2 Å². The Bertz CT molecular complexity index is 1370. The quantitative estimate of drug-likeness (QED) is 0.0243. The van der Waals surface area contributed by atoms with Crippen molar-refractivity contribution < 1.29 is 32.9 Å². The molecule has 0 aliphatic carbocycles. The fraction of sp³-hybridized carbons (Fsp3) is 0.696. The van der Waals surface area contributed by atoms with E-state index in [9.17, 15) is 19.4 Å². The molecular weight excluding hydrogens is 828 g/mol. The Morgan fingerprint density at radius 3 is 1.42 bits per heavy atom. The molecule has 0 aliphatic heterocycles. The van der Waals surface area contributed by atoms with Crippen molar-refractivity contribution in [1.29, 1.82) is 0 Å². The molecule has 0 fully saturated rings. The number of aliphatic hydroxyl groups excluding tert-OH is 1. The number of phosphoric ester groups is 1. The number of allylic oxidation sites excluding steroid dienone is 15. The molecule has 0 saturated carbocycles. The van der Waals surface area contributed by atoms with Crippen LogP contribution in [0.5, 0.6) is 0 Å². The van der Waals surface area contributed by atoms with Crippen LogP contribution in [0.2, 0.25) is 0 Å². The number of nitrogens with zero attached hydrogens (tertiary/aromatic N) is 1. The van der Waals surface area contributed by atoms with Crippen molar-refractivity contribution in [2.45, 2.75) is 212 Å². The minimum absolute atomic E-state index is 0.0477. The van der Waals surface area contributed by atoms with E-state index >= 15 is 0 Å². The summed E-state index contributed by atoms with van der Waals surface area (Å²) in [6, 6.07) is -0.878. The van der Waals surface area contributed by atoms with Crippen LogP contribution in [0.15, 0.2) is 97.2 Å². The van der Waals surface area contributed by atoms with Gasteiger partial charge in [0, 0.05) is 6.42 Å². The van der Waals surface area contributed by atoms with Crippen LogP contribution in [0, 0.1) is 0 Å². The fourth-order valence-electron chi connectivity index (χ4n) is 6.94. The van der Waals surface area contributed by atoms with Crippen LogP contribution in [-0.2, 0) is 18.4 Å². The number of hydrogen-bond donors (Lipinski definition) is 3. The van der Waals surface area contributed by atoms with Gasteiger partial charge in [0.2, 0.25) is 5.91 Å². The van der Waals surface area contributed by atoms with E-state index in [2.05, 4.69) is 104 Å². The van der Waals surface area contributed by atoms with Gasteiger partial charge in [-0.1, -0.05) is 207 Å². The van der Waals surface area contributed by atoms with E-state index in [1.54, 1.807) is 6.08 Å². The molecular formula is C56H100N2O6P+. The normalized spacial score (nSPS) is 14.9. The van der Waals surface area contributed by atoms with Crippen molar-refractivity contribution in [2.24, 2.45) is 0 Å². The molecule has 0 saturated heterocycles. The molecule has 9 heteroatoms. The lowest BCUT2D eigenvalue weighted by Crippen LogP contribution is -2.45. The number of rotatable bonds is 46. The van der Waals surface area contributed by atoms with Gasteiger partial charge in [0.15, 0.2) is 0 Å². The summed E-state index contributed by atoms with van der Waals surface area (Å²) < 4.78 is 23.6. The van der Waals surface area contributed by atoms with Gasteiger partial charge in [-0.15, -0.1) is 0 Å². The van der Waals surface area contributed by atoms with Crippen LogP contribution in [0.25, 0.3) is 0 Å². The number of carbonyl (C=O) groups excluding carboxylic acids is 1. The zero-order valence-electron chi connectivity index (χ0n) is 42.4. The minimum Gasteiger partial charge on any atom is -0.387 e. The maximum atomic E-state index is 12.9. The summed E-state index contributed by atoms with van der Waals surface area (Å²) in [5.41, 5.74) is 0. The van der Waals surface area contributed by atoms with Gasteiger partial charge in [0.25, 0.3) is 0 Å². The molecule has 0 spiro atoms. The highest BCUT2D eigenvalue weighted by Gasteiger charge is 2.27. The Morgan fingerprint density at radius 1 is 0.538 bits per heavy atom. The number of nitrogens with one attached hydrogen (secondary N) is 1. The standard InChI is InChI=1S/C56H99N2O6P/c1-6-8-10-12-14-16-18-20-22-24-26-27-28-29-30-31-32-34-36-38-40-42-44-46-48-50-56(60)57-54(53-64-65(61,62)63-52-51-58(3,4)5)55(59)49-47-45-43-41-39-37-35-33-25-23-21-19-17-15-13-11-9-7-2/h8,10,14,16,20,22,26-27,29-30,32,34,39,41,47,49,54-55,59H,6-7,9,11-13,15,17-19,21,23-25,28,31,33,35-38,40,42-46,48,50-53H2,1-5H3,(H-,57,60,61,62)/p+1/b10-8-,16-14-,22-20-,27-26-,30-29-,34-32-,41-39+,49-47+. The van der Waals surface area contributed by atoms with Crippen LogP contribution in [-0.4, -0.2) is 73.4 Å². The first-order valence-corrected chi connectivity index (χ1v) is 27.6. The zero-order valence-corrected chi connectivity index (χ0v) is 43.3. The summed E-state index contributed by atoms with van der Waals surface area (Å²) in [6.07, 6.45) is 66.3. The second-order valence-electron chi connectivity index (χ2n) is 18.5. The zero-order chi connectivity index (χ0) is 47.8. The maximum absolute atomic E-state index is 12.9. The molecule has 8 nitrogen and oxygen atoms in total. The molecule has 0 aromatic heterocycles. The lowest BCUT2D eigenvalue weighted by molar-refractivity contribution is -0.870. The lowest BCUT2D eigenvalue weighted by Gasteiger charge is -2.25. The first-order valence-electron chi connectivity index (χ1n) is 26.1. The number of aliphatic hydroxyl groups is 1. The molecule has 0 aliphatic rings. The van der Waals surface area contributed by atoms with Gasteiger partial charge in [0.05, 0.1) is 39.9 Å². The molecule has 0 rings (SSSR count). The second-order valence-corrected chi connectivity index (χ2v) is 20.0. The van der Waals surface area contributed by atoms with Crippen molar-refractivity contribution in [3.63, 3.8) is 0 Å². The lowest BCUT2D eigenvalue weighted by atomic mass is 10.0. The number of phosphoric acid groups is 1. The van der Waals surface area contributed by atoms with E-state index in [-0.39, 0.29) is 19.1 Å². The molecule has 65 heavy (non-hydrogen) atoms. The SMILES string of the molecule is CC/C=C\C/C=C\C/C=C\C/C=C\C/C=C\C/C=C\CCCCCCCCC(=O)NC(COP(=O)(O)OCC[N+](C)(C)C)C(O)/C=C/CC/C=C/CCCCCCCCCCCCCC. The Morgan fingerprint density at radius 2 is 0.938 bits per heavy atom. The Labute approximate surface area is 400 Å². The number of hydrogen-bond acceptors (Lipinski definition) is 5. The first-order chi connectivity index (χ1) is 31.5. The smallest absolute Gasteiger partial charge is 0.387 e. The van der Waals surface area contributed by atoms with Gasteiger partial charge in [0.1, 0.15) is 13.2 Å². The number of amides is 1. The topological polar surface area (TPSA) is 105 Å². The summed E-state index contributed by atoms with van der Waals surface area (Å²) in [4.78, 5) is 23.2. The van der Waals surface area contributed by atoms with E-state index in [1.165, 1.54) is 89.9 Å². The number of unbranched alkanes of at least 4 members (excludes halogenated alkanes) is 19. The Hall–Kier alpha value is -2.58. The van der Waals surface area contributed by atoms with Gasteiger partial charge in [-0.3, -0.25) is 13.8 Å². The molecule has 0 aromatic carbocycles. The summed E-state index contributed by atoms with van der Waals surface area (Å²) in [6.45, 7) is 4.66. The van der Waals surface area contributed by atoms with Crippen molar-refractivity contribution in [3.05, 3.63) is 97.2 Å². The van der Waals surface area contributed by atoms with Crippen molar-refractivity contribution in [3.8, 4) is 0 Å². The molecule has 374 valence electrons.